The molecular formula is C16H16BFO3. The largest absolute Gasteiger partial charge is 0.489 e. The van der Waals surface area contributed by atoms with Crippen LogP contribution in [0.25, 0.3) is 0 Å². The summed E-state index contributed by atoms with van der Waals surface area (Å²) in [6.45, 7) is 0.191. The van der Waals surface area contributed by atoms with Crippen LogP contribution in [0.1, 0.15) is 23.1 Å². The average Bonchev–Trinajstić information content (AvgIpc) is 2.92. The second-order valence-corrected chi connectivity index (χ2v) is 5.34. The number of hydrogen-bond donors (Lipinski definition) is 2. The maximum Gasteiger partial charge on any atom is 0.488 e. The summed E-state index contributed by atoms with van der Waals surface area (Å²) in [4.78, 5) is 0. The van der Waals surface area contributed by atoms with E-state index in [2.05, 4.69) is 6.07 Å². The molecule has 2 aromatic carbocycles. The maximum atomic E-state index is 13.4. The molecule has 108 valence electrons. The summed E-state index contributed by atoms with van der Waals surface area (Å²) in [6.07, 6.45) is 3.38. The molecule has 2 N–H and O–H groups in total. The molecule has 0 aromatic heterocycles. The van der Waals surface area contributed by atoms with E-state index in [4.69, 9.17) is 14.8 Å². The molecule has 0 atom stereocenters. The first-order valence-electron chi connectivity index (χ1n) is 7.02. The Kier molecular flexibility index (Phi) is 3.95. The highest BCUT2D eigenvalue weighted by atomic mass is 19.1. The van der Waals surface area contributed by atoms with Crippen molar-refractivity contribution in [3.05, 3.63) is 58.9 Å². The third-order valence-electron chi connectivity index (χ3n) is 3.75. The molecule has 1 aliphatic carbocycles. The van der Waals surface area contributed by atoms with Crippen molar-refractivity contribution in [2.75, 3.05) is 0 Å². The Morgan fingerprint density at radius 3 is 2.67 bits per heavy atom. The molecule has 0 saturated heterocycles. The van der Waals surface area contributed by atoms with Crippen molar-refractivity contribution in [1.29, 1.82) is 0 Å². The number of rotatable bonds is 4. The van der Waals surface area contributed by atoms with Crippen molar-refractivity contribution >= 4 is 12.6 Å². The van der Waals surface area contributed by atoms with E-state index in [9.17, 15) is 4.39 Å². The molecule has 0 unspecified atom stereocenters. The summed E-state index contributed by atoms with van der Waals surface area (Å²) < 4.78 is 19.1. The molecular weight excluding hydrogens is 270 g/mol. The van der Waals surface area contributed by atoms with Crippen LogP contribution in [0.15, 0.2) is 36.4 Å². The number of hydrogen-bond acceptors (Lipinski definition) is 3. The first-order valence-corrected chi connectivity index (χ1v) is 7.02. The second-order valence-electron chi connectivity index (χ2n) is 5.34. The Labute approximate surface area is 123 Å². The zero-order chi connectivity index (χ0) is 14.8. The molecule has 0 aliphatic heterocycles. The van der Waals surface area contributed by atoms with Crippen molar-refractivity contribution in [2.24, 2.45) is 0 Å². The van der Waals surface area contributed by atoms with Crippen LogP contribution in [-0.2, 0) is 19.4 Å². The lowest BCUT2D eigenvalue weighted by molar-refractivity contribution is 0.305. The lowest BCUT2D eigenvalue weighted by Crippen LogP contribution is -2.30. The van der Waals surface area contributed by atoms with Crippen LogP contribution < -0.4 is 10.2 Å². The van der Waals surface area contributed by atoms with Crippen molar-refractivity contribution in [3.8, 4) is 5.75 Å². The average molecular weight is 286 g/mol. The van der Waals surface area contributed by atoms with Crippen LogP contribution in [0, 0.1) is 5.82 Å². The minimum absolute atomic E-state index is 0.127. The van der Waals surface area contributed by atoms with Crippen LogP contribution in [0.4, 0.5) is 4.39 Å². The molecule has 0 amide bonds. The highest BCUT2D eigenvalue weighted by molar-refractivity contribution is 6.58. The molecule has 0 radical (unpaired) electrons. The van der Waals surface area contributed by atoms with Gasteiger partial charge in [-0.25, -0.2) is 4.39 Å². The Hall–Kier alpha value is -1.85. The predicted molar refractivity (Wildman–Crippen MR) is 79.0 cm³/mol. The number of benzene rings is 2. The van der Waals surface area contributed by atoms with Crippen LogP contribution in [0.5, 0.6) is 5.75 Å². The quantitative estimate of drug-likeness (QED) is 0.839. The minimum atomic E-state index is -1.68. The summed E-state index contributed by atoms with van der Waals surface area (Å²) >= 11 is 0. The highest BCUT2D eigenvalue weighted by Crippen LogP contribution is 2.26. The molecule has 3 nitrogen and oxygen atoms in total. The summed E-state index contributed by atoms with van der Waals surface area (Å²) in [5.41, 5.74) is 3.39. The smallest absolute Gasteiger partial charge is 0.488 e. The topological polar surface area (TPSA) is 49.7 Å². The number of fused-ring (bicyclic) bond motifs is 1. The number of halogens is 1. The fourth-order valence-corrected chi connectivity index (χ4v) is 2.71. The van der Waals surface area contributed by atoms with Crippen LogP contribution >= 0.6 is 0 Å². The molecule has 0 heterocycles. The third kappa shape index (κ3) is 3.25. The lowest BCUT2D eigenvalue weighted by atomic mass is 9.79. The van der Waals surface area contributed by atoms with Crippen molar-refractivity contribution in [1.82, 2.24) is 0 Å². The zero-order valence-electron chi connectivity index (χ0n) is 11.6. The number of ether oxygens (including phenoxy) is 1. The number of aryl methyl sites for hydroxylation is 2. The highest BCUT2D eigenvalue weighted by Gasteiger charge is 2.14. The molecule has 5 heteroatoms. The van der Waals surface area contributed by atoms with Gasteiger partial charge >= 0.3 is 7.12 Å². The molecule has 21 heavy (non-hydrogen) atoms. The predicted octanol–water partition coefficient (Wildman–Crippen LogP) is 1.57. The van der Waals surface area contributed by atoms with Gasteiger partial charge in [0, 0.05) is 0 Å². The summed E-state index contributed by atoms with van der Waals surface area (Å²) in [5.74, 6) is 0.249. The normalized spacial score (nSPS) is 13.1. The first-order chi connectivity index (χ1) is 10.1. The molecule has 0 spiro atoms. The van der Waals surface area contributed by atoms with E-state index in [0.717, 1.165) is 24.7 Å². The van der Waals surface area contributed by atoms with Gasteiger partial charge in [-0.05, 0) is 65.7 Å². The summed E-state index contributed by atoms with van der Waals surface area (Å²) in [6, 6.07) is 9.99. The molecule has 0 bridgehead atoms. The van der Waals surface area contributed by atoms with E-state index in [1.54, 1.807) is 0 Å². The fourth-order valence-electron chi connectivity index (χ4n) is 2.71. The summed E-state index contributed by atoms with van der Waals surface area (Å²) in [5, 5.41) is 18.2. The first kappa shape index (κ1) is 14.1. The Bertz CT molecular complexity index is 658. The maximum absolute atomic E-state index is 13.4. The van der Waals surface area contributed by atoms with Crippen molar-refractivity contribution in [3.63, 3.8) is 0 Å². The van der Waals surface area contributed by atoms with E-state index in [1.807, 2.05) is 12.1 Å². The lowest BCUT2D eigenvalue weighted by Gasteiger charge is -2.10. The molecule has 3 rings (SSSR count). The van der Waals surface area contributed by atoms with Gasteiger partial charge in [-0.2, -0.15) is 0 Å². The molecule has 2 aromatic rings. The Balaban J connectivity index is 1.73. The van der Waals surface area contributed by atoms with Gasteiger partial charge in [-0.3, -0.25) is 0 Å². The molecule has 0 fully saturated rings. The Morgan fingerprint density at radius 2 is 1.86 bits per heavy atom. The van der Waals surface area contributed by atoms with Gasteiger partial charge in [0.2, 0.25) is 0 Å². The third-order valence-corrected chi connectivity index (χ3v) is 3.75. The van der Waals surface area contributed by atoms with Gasteiger partial charge in [-0.15, -0.1) is 0 Å². The van der Waals surface area contributed by atoms with E-state index >= 15 is 0 Å². The van der Waals surface area contributed by atoms with Gasteiger partial charge in [0.05, 0.1) is 0 Å². The van der Waals surface area contributed by atoms with E-state index in [1.165, 1.54) is 29.7 Å². The van der Waals surface area contributed by atoms with E-state index < -0.39 is 12.9 Å². The van der Waals surface area contributed by atoms with Crippen LogP contribution in [-0.4, -0.2) is 17.2 Å². The van der Waals surface area contributed by atoms with Gasteiger partial charge in [0.1, 0.15) is 18.2 Å². The van der Waals surface area contributed by atoms with Crippen LogP contribution in [0.2, 0.25) is 0 Å². The van der Waals surface area contributed by atoms with Crippen LogP contribution in [0.3, 0.4) is 0 Å². The minimum Gasteiger partial charge on any atom is -0.489 e. The van der Waals surface area contributed by atoms with Gasteiger partial charge in [-0.1, -0.05) is 12.1 Å². The van der Waals surface area contributed by atoms with Crippen molar-refractivity contribution in [2.45, 2.75) is 25.9 Å². The monoisotopic (exact) mass is 286 g/mol. The second kappa shape index (κ2) is 5.88. The summed E-state index contributed by atoms with van der Waals surface area (Å²) in [7, 11) is -1.68. The van der Waals surface area contributed by atoms with Gasteiger partial charge in [0.15, 0.2) is 0 Å². The molecule has 0 saturated carbocycles. The standard InChI is InChI=1S/C16H16BFO3/c18-15-7-11(6-14(9-15)17(19)20)10-21-16-5-4-12-2-1-3-13(12)8-16/h4-9,19-20H,1-3,10H2. The van der Waals surface area contributed by atoms with E-state index in [0.29, 0.717) is 5.56 Å². The fraction of sp³-hybridized carbons (Fsp3) is 0.250. The van der Waals surface area contributed by atoms with Gasteiger partial charge < -0.3 is 14.8 Å². The molecule has 1 aliphatic rings. The van der Waals surface area contributed by atoms with Gasteiger partial charge in [0.25, 0.3) is 0 Å². The van der Waals surface area contributed by atoms with Crippen molar-refractivity contribution < 1.29 is 19.2 Å². The zero-order valence-corrected chi connectivity index (χ0v) is 11.6. The Morgan fingerprint density at radius 1 is 1.05 bits per heavy atom. The van der Waals surface area contributed by atoms with E-state index in [-0.39, 0.29) is 12.1 Å². The SMILES string of the molecule is OB(O)c1cc(F)cc(COc2ccc3c(c2)CCC3)c1.